The summed E-state index contributed by atoms with van der Waals surface area (Å²) in [6, 6.07) is 12.4. The molecule has 2 heterocycles. The van der Waals surface area contributed by atoms with Crippen LogP contribution in [-0.4, -0.2) is 30.1 Å². The summed E-state index contributed by atoms with van der Waals surface area (Å²) in [6.45, 7) is 1.00. The Bertz CT molecular complexity index is 477. The Morgan fingerprint density at radius 3 is 2.68 bits per heavy atom. The number of nitriles is 1. The first-order valence-corrected chi connectivity index (χ1v) is 7.22. The maximum Gasteiger partial charge on any atom is 0.0991 e. The van der Waals surface area contributed by atoms with Crippen LogP contribution in [0.1, 0.15) is 36.8 Å². The van der Waals surface area contributed by atoms with E-state index < -0.39 is 0 Å². The smallest absolute Gasteiger partial charge is 0.0991 e. The molecule has 2 fully saturated rings. The molecule has 2 atom stereocenters. The number of nitrogens with zero attached hydrogens (tertiary/aromatic N) is 2. The molecular weight excluding hydrogens is 234 g/mol. The summed E-state index contributed by atoms with van der Waals surface area (Å²) >= 11 is 0. The van der Waals surface area contributed by atoms with E-state index in [0.717, 1.165) is 24.2 Å². The van der Waals surface area contributed by atoms with Crippen molar-refractivity contribution in [3.63, 3.8) is 0 Å². The van der Waals surface area contributed by atoms with Crippen molar-refractivity contribution < 1.29 is 0 Å². The summed E-state index contributed by atoms with van der Waals surface area (Å²) in [4.78, 5) is 2.66. The lowest BCUT2D eigenvalue weighted by atomic mass is 9.96. The van der Waals surface area contributed by atoms with Crippen molar-refractivity contribution in [1.29, 1.82) is 5.26 Å². The van der Waals surface area contributed by atoms with Crippen molar-refractivity contribution in [3.05, 3.63) is 35.4 Å². The number of piperidine rings is 1. The molecule has 3 nitrogen and oxygen atoms in total. The lowest BCUT2D eigenvalue weighted by molar-refractivity contribution is 0.111. The SMILES string of the molecule is CNC1CC2CCC(C1)N2Cc1cccc(C#N)c1. The van der Waals surface area contributed by atoms with E-state index in [1.54, 1.807) is 0 Å². The van der Waals surface area contributed by atoms with Crippen molar-refractivity contribution in [2.75, 3.05) is 7.05 Å². The molecule has 19 heavy (non-hydrogen) atoms. The number of fused-ring (bicyclic) bond motifs is 2. The summed E-state index contributed by atoms with van der Waals surface area (Å²) in [5, 5.41) is 12.4. The number of rotatable bonds is 3. The molecule has 100 valence electrons. The van der Waals surface area contributed by atoms with Gasteiger partial charge in [-0.2, -0.15) is 5.26 Å². The maximum atomic E-state index is 8.98. The standard InChI is InChI=1S/C16H21N3/c1-18-14-8-15-5-6-16(9-14)19(15)11-13-4-2-3-12(7-13)10-17/h2-4,7,14-16,18H,5-6,8-9,11H2,1H3. The van der Waals surface area contributed by atoms with Crippen LogP contribution in [0.15, 0.2) is 24.3 Å². The Balaban J connectivity index is 1.72. The molecule has 1 aromatic rings. The van der Waals surface area contributed by atoms with Crippen LogP contribution in [0.25, 0.3) is 0 Å². The highest BCUT2D eigenvalue weighted by Gasteiger charge is 2.39. The third kappa shape index (κ3) is 2.51. The van der Waals surface area contributed by atoms with Gasteiger partial charge in [0.2, 0.25) is 0 Å². The predicted molar refractivity (Wildman–Crippen MR) is 75.6 cm³/mol. The van der Waals surface area contributed by atoms with Crippen LogP contribution in [0.2, 0.25) is 0 Å². The Morgan fingerprint density at radius 2 is 2.05 bits per heavy atom. The zero-order valence-corrected chi connectivity index (χ0v) is 11.5. The fraction of sp³-hybridized carbons (Fsp3) is 0.562. The van der Waals surface area contributed by atoms with E-state index in [1.807, 2.05) is 18.2 Å². The van der Waals surface area contributed by atoms with Crippen LogP contribution < -0.4 is 5.32 Å². The van der Waals surface area contributed by atoms with Gasteiger partial charge in [0.15, 0.2) is 0 Å². The molecule has 2 aliphatic rings. The van der Waals surface area contributed by atoms with E-state index in [2.05, 4.69) is 29.4 Å². The molecule has 0 saturated carbocycles. The average Bonchev–Trinajstić information content (AvgIpc) is 2.69. The molecule has 0 aromatic heterocycles. The predicted octanol–water partition coefficient (Wildman–Crippen LogP) is 2.27. The molecule has 2 saturated heterocycles. The fourth-order valence-corrected chi connectivity index (χ4v) is 3.72. The molecule has 2 bridgehead atoms. The molecule has 0 aliphatic carbocycles. The maximum absolute atomic E-state index is 8.98. The highest BCUT2D eigenvalue weighted by atomic mass is 15.2. The summed E-state index contributed by atoms with van der Waals surface area (Å²) in [5.41, 5.74) is 2.05. The molecule has 0 radical (unpaired) electrons. The number of benzene rings is 1. The first kappa shape index (κ1) is 12.7. The zero-order valence-electron chi connectivity index (χ0n) is 11.5. The molecule has 2 unspecified atom stereocenters. The Labute approximate surface area is 115 Å². The summed E-state index contributed by atoms with van der Waals surface area (Å²) in [7, 11) is 2.08. The largest absolute Gasteiger partial charge is 0.317 e. The lowest BCUT2D eigenvalue weighted by Crippen LogP contribution is -2.47. The third-order valence-corrected chi connectivity index (χ3v) is 4.71. The van der Waals surface area contributed by atoms with Gasteiger partial charge in [0.25, 0.3) is 0 Å². The quantitative estimate of drug-likeness (QED) is 0.900. The van der Waals surface area contributed by atoms with Gasteiger partial charge in [-0.3, -0.25) is 4.90 Å². The van der Waals surface area contributed by atoms with E-state index >= 15 is 0 Å². The van der Waals surface area contributed by atoms with Crippen LogP contribution in [0.4, 0.5) is 0 Å². The minimum absolute atomic E-state index is 0.694. The molecule has 0 spiro atoms. The highest BCUT2D eigenvalue weighted by Crippen LogP contribution is 2.36. The van der Waals surface area contributed by atoms with Gasteiger partial charge in [-0.15, -0.1) is 0 Å². The van der Waals surface area contributed by atoms with Gasteiger partial charge in [0.1, 0.15) is 0 Å². The van der Waals surface area contributed by atoms with Crippen LogP contribution in [0.5, 0.6) is 0 Å². The fourth-order valence-electron chi connectivity index (χ4n) is 3.72. The molecule has 1 aromatic carbocycles. The third-order valence-electron chi connectivity index (χ3n) is 4.71. The van der Waals surface area contributed by atoms with Crippen molar-refractivity contribution in [3.8, 4) is 6.07 Å². The number of nitrogens with one attached hydrogen (secondary N) is 1. The highest BCUT2D eigenvalue weighted by molar-refractivity contribution is 5.32. The Morgan fingerprint density at radius 1 is 1.32 bits per heavy atom. The second kappa shape index (κ2) is 5.32. The van der Waals surface area contributed by atoms with Crippen LogP contribution in [0, 0.1) is 11.3 Å². The first-order valence-electron chi connectivity index (χ1n) is 7.22. The van der Waals surface area contributed by atoms with Crippen LogP contribution in [0.3, 0.4) is 0 Å². The van der Waals surface area contributed by atoms with Crippen molar-refractivity contribution >= 4 is 0 Å². The van der Waals surface area contributed by atoms with Gasteiger partial charge < -0.3 is 5.32 Å². The zero-order chi connectivity index (χ0) is 13.2. The Hall–Kier alpha value is -1.37. The summed E-state index contributed by atoms with van der Waals surface area (Å²) in [6.07, 6.45) is 5.21. The van der Waals surface area contributed by atoms with Gasteiger partial charge in [-0.05, 0) is 50.4 Å². The van der Waals surface area contributed by atoms with E-state index in [0.29, 0.717) is 6.04 Å². The average molecular weight is 255 g/mol. The minimum atomic E-state index is 0.694. The van der Waals surface area contributed by atoms with Crippen LogP contribution >= 0.6 is 0 Å². The molecule has 2 aliphatic heterocycles. The van der Waals surface area contributed by atoms with Crippen molar-refractivity contribution in [2.24, 2.45) is 0 Å². The number of hydrogen-bond acceptors (Lipinski definition) is 3. The van der Waals surface area contributed by atoms with Crippen LogP contribution in [-0.2, 0) is 6.54 Å². The molecule has 0 amide bonds. The van der Waals surface area contributed by atoms with Gasteiger partial charge in [0.05, 0.1) is 11.6 Å². The topological polar surface area (TPSA) is 39.1 Å². The minimum Gasteiger partial charge on any atom is -0.317 e. The van der Waals surface area contributed by atoms with E-state index in [9.17, 15) is 0 Å². The van der Waals surface area contributed by atoms with Gasteiger partial charge in [-0.1, -0.05) is 12.1 Å². The first-order chi connectivity index (χ1) is 9.30. The normalized spacial score (nSPS) is 30.2. The van der Waals surface area contributed by atoms with Crippen molar-refractivity contribution in [1.82, 2.24) is 10.2 Å². The summed E-state index contributed by atoms with van der Waals surface area (Å²) < 4.78 is 0. The second-order valence-electron chi connectivity index (χ2n) is 5.83. The van der Waals surface area contributed by atoms with Gasteiger partial charge >= 0.3 is 0 Å². The van der Waals surface area contributed by atoms with E-state index in [-0.39, 0.29) is 0 Å². The number of hydrogen-bond donors (Lipinski definition) is 1. The molecular formula is C16H21N3. The van der Waals surface area contributed by atoms with E-state index in [1.165, 1.54) is 31.2 Å². The summed E-state index contributed by atoms with van der Waals surface area (Å²) in [5.74, 6) is 0. The monoisotopic (exact) mass is 255 g/mol. The van der Waals surface area contributed by atoms with Crippen molar-refractivity contribution in [2.45, 2.75) is 50.4 Å². The Kier molecular flexibility index (Phi) is 3.54. The molecule has 3 rings (SSSR count). The molecule has 1 N–H and O–H groups in total. The van der Waals surface area contributed by atoms with Gasteiger partial charge in [-0.25, -0.2) is 0 Å². The van der Waals surface area contributed by atoms with E-state index in [4.69, 9.17) is 5.26 Å². The lowest BCUT2D eigenvalue weighted by Gasteiger charge is -2.39. The second-order valence-corrected chi connectivity index (χ2v) is 5.83. The molecule has 3 heteroatoms. The van der Waals surface area contributed by atoms with Gasteiger partial charge in [0, 0.05) is 24.7 Å².